The van der Waals surface area contributed by atoms with Gasteiger partial charge in [-0.05, 0) is 29.8 Å². The first-order valence-corrected chi connectivity index (χ1v) is 6.26. The summed E-state index contributed by atoms with van der Waals surface area (Å²) in [7, 11) is 4.00. The third-order valence-electron chi connectivity index (χ3n) is 2.89. The van der Waals surface area contributed by atoms with Crippen LogP contribution in [0.5, 0.6) is 5.88 Å². The molecule has 0 unspecified atom stereocenters. The molecule has 0 atom stereocenters. The van der Waals surface area contributed by atoms with Gasteiger partial charge >= 0.3 is 0 Å². The van der Waals surface area contributed by atoms with E-state index in [-0.39, 0.29) is 5.84 Å². The van der Waals surface area contributed by atoms with Gasteiger partial charge in [-0.1, -0.05) is 12.1 Å². The molecule has 104 valence electrons. The summed E-state index contributed by atoms with van der Waals surface area (Å²) in [4.78, 5) is 6.15. The van der Waals surface area contributed by atoms with Crippen molar-refractivity contribution >= 4 is 11.5 Å². The molecule has 2 rings (SSSR count). The van der Waals surface area contributed by atoms with Crippen LogP contribution in [0, 0.1) is 5.41 Å². The number of benzene rings is 1. The molecule has 20 heavy (non-hydrogen) atoms. The molecule has 0 aliphatic rings. The fourth-order valence-corrected chi connectivity index (χ4v) is 1.75. The van der Waals surface area contributed by atoms with Crippen molar-refractivity contribution in [3.05, 3.63) is 53.7 Å². The Bertz CT molecular complexity index is 593. The maximum atomic E-state index is 7.49. The van der Waals surface area contributed by atoms with Crippen molar-refractivity contribution < 1.29 is 4.74 Å². The first-order valence-electron chi connectivity index (χ1n) is 6.26. The molecular formula is C15H18N4O. The number of aromatic nitrogens is 1. The number of nitrogens with two attached hydrogens (primary N) is 1. The minimum atomic E-state index is -0.0453. The Morgan fingerprint density at radius 3 is 2.55 bits per heavy atom. The second-order valence-electron chi connectivity index (χ2n) is 4.62. The highest BCUT2D eigenvalue weighted by Crippen LogP contribution is 2.17. The predicted octanol–water partition coefficient (Wildman–Crippen LogP) is 2.01. The third-order valence-corrected chi connectivity index (χ3v) is 2.89. The molecule has 0 fully saturated rings. The van der Waals surface area contributed by atoms with E-state index in [4.69, 9.17) is 15.9 Å². The molecule has 1 aromatic heterocycles. The monoisotopic (exact) mass is 270 g/mol. The lowest BCUT2D eigenvalue weighted by Gasteiger charge is -2.13. The summed E-state index contributed by atoms with van der Waals surface area (Å²) in [5.74, 6) is 0.341. The summed E-state index contributed by atoms with van der Waals surface area (Å²) in [6.45, 7) is 0.394. The molecule has 0 bridgehead atoms. The molecule has 1 heterocycles. The number of hydrogen-bond acceptors (Lipinski definition) is 4. The van der Waals surface area contributed by atoms with Crippen molar-refractivity contribution in [2.45, 2.75) is 6.61 Å². The van der Waals surface area contributed by atoms with Crippen molar-refractivity contribution in [3.63, 3.8) is 0 Å². The number of hydrogen-bond donors (Lipinski definition) is 2. The normalized spacial score (nSPS) is 10.1. The Morgan fingerprint density at radius 2 is 1.95 bits per heavy atom. The largest absolute Gasteiger partial charge is 0.472 e. The average Bonchev–Trinajstić information content (AvgIpc) is 2.45. The summed E-state index contributed by atoms with van der Waals surface area (Å²) in [5, 5.41) is 7.49. The Hall–Kier alpha value is -2.56. The maximum Gasteiger partial charge on any atom is 0.224 e. The third kappa shape index (κ3) is 3.26. The average molecular weight is 270 g/mol. The quantitative estimate of drug-likeness (QED) is 0.643. The first kappa shape index (κ1) is 13.9. The van der Waals surface area contributed by atoms with Gasteiger partial charge in [0.2, 0.25) is 5.88 Å². The van der Waals surface area contributed by atoms with Crippen LogP contribution in [0.4, 0.5) is 5.69 Å². The molecule has 0 saturated carbocycles. The molecule has 0 aliphatic heterocycles. The lowest BCUT2D eigenvalue weighted by atomic mass is 10.2. The summed E-state index contributed by atoms with van der Waals surface area (Å²) in [6.07, 6.45) is 1.62. The van der Waals surface area contributed by atoms with Crippen molar-refractivity contribution in [1.29, 1.82) is 5.41 Å². The van der Waals surface area contributed by atoms with E-state index in [1.165, 1.54) is 0 Å². The number of nitrogens with one attached hydrogen (secondary N) is 1. The van der Waals surface area contributed by atoms with Crippen LogP contribution in [0.15, 0.2) is 42.6 Å². The highest BCUT2D eigenvalue weighted by Gasteiger charge is 2.07. The predicted molar refractivity (Wildman–Crippen MR) is 80.4 cm³/mol. The summed E-state index contributed by atoms with van der Waals surface area (Å²) in [5.41, 5.74) is 8.18. The number of amidine groups is 1. The van der Waals surface area contributed by atoms with Crippen molar-refractivity contribution in [1.82, 2.24) is 4.98 Å². The molecule has 0 radical (unpaired) electrons. The van der Waals surface area contributed by atoms with Crippen LogP contribution in [0.25, 0.3) is 0 Å². The Morgan fingerprint density at radius 1 is 1.25 bits per heavy atom. The van der Waals surface area contributed by atoms with Gasteiger partial charge < -0.3 is 15.4 Å². The van der Waals surface area contributed by atoms with E-state index in [9.17, 15) is 0 Å². The van der Waals surface area contributed by atoms with Crippen LogP contribution in [0.2, 0.25) is 0 Å². The fraction of sp³-hybridized carbons (Fsp3) is 0.200. The van der Waals surface area contributed by atoms with Gasteiger partial charge in [0.05, 0.1) is 5.56 Å². The highest BCUT2D eigenvalue weighted by atomic mass is 16.5. The van der Waals surface area contributed by atoms with Gasteiger partial charge in [-0.3, -0.25) is 5.41 Å². The topological polar surface area (TPSA) is 75.2 Å². The molecule has 1 aromatic carbocycles. The van der Waals surface area contributed by atoms with E-state index < -0.39 is 0 Å². The maximum absolute atomic E-state index is 7.49. The summed E-state index contributed by atoms with van der Waals surface area (Å²) >= 11 is 0. The van der Waals surface area contributed by atoms with Gasteiger partial charge in [0.1, 0.15) is 12.4 Å². The standard InChI is InChI=1S/C15H18N4O/c1-19(2)12-7-5-11(6-8-12)10-20-15-13(14(16)17)4-3-9-18-15/h3-9H,10H2,1-2H3,(H3,16,17). The van der Waals surface area contributed by atoms with E-state index in [0.717, 1.165) is 11.3 Å². The molecular weight excluding hydrogens is 252 g/mol. The zero-order valence-corrected chi connectivity index (χ0v) is 11.6. The molecule has 5 heteroatoms. The number of anilines is 1. The SMILES string of the molecule is CN(C)c1ccc(COc2ncccc2C(=N)N)cc1. The van der Waals surface area contributed by atoms with E-state index >= 15 is 0 Å². The van der Waals surface area contributed by atoms with Crippen LogP contribution < -0.4 is 15.4 Å². The number of pyridine rings is 1. The Labute approximate surface area is 118 Å². The van der Waals surface area contributed by atoms with Gasteiger partial charge in [-0.15, -0.1) is 0 Å². The van der Waals surface area contributed by atoms with Crippen LogP contribution in [0.1, 0.15) is 11.1 Å². The van der Waals surface area contributed by atoms with Crippen molar-refractivity contribution in [3.8, 4) is 5.88 Å². The molecule has 0 aliphatic carbocycles. The summed E-state index contributed by atoms with van der Waals surface area (Å²) < 4.78 is 5.64. The lowest BCUT2D eigenvalue weighted by molar-refractivity contribution is 0.293. The van der Waals surface area contributed by atoms with Crippen LogP contribution >= 0.6 is 0 Å². The minimum absolute atomic E-state index is 0.0453. The fourth-order valence-electron chi connectivity index (χ4n) is 1.75. The summed E-state index contributed by atoms with van der Waals surface area (Å²) in [6, 6.07) is 11.5. The molecule has 0 amide bonds. The lowest BCUT2D eigenvalue weighted by Crippen LogP contribution is -2.14. The van der Waals surface area contributed by atoms with Crippen LogP contribution in [0.3, 0.4) is 0 Å². The van der Waals surface area contributed by atoms with Gasteiger partial charge in [-0.2, -0.15) is 0 Å². The second kappa shape index (κ2) is 6.06. The smallest absolute Gasteiger partial charge is 0.224 e. The molecule has 5 nitrogen and oxygen atoms in total. The molecule has 0 saturated heterocycles. The molecule has 3 N–H and O–H groups in total. The number of nitrogens with zero attached hydrogens (tertiary/aromatic N) is 2. The first-order chi connectivity index (χ1) is 9.58. The van der Waals surface area contributed by atoms with Crippen molar-refractivity contribution in [2.24, 2.45) is 5.73 Å². The van der Waals surface area contributed by atoms with Crippen molar-refractivity contribution in [2.75, 3.05) is 19.0 Å². The Kier molecular flexibility index (Phi) is 4.20. The van der Waals surface area contributed by atoms with Gasteiger partial charge in [-0.25, -0.2) is 4.98 Å². The second-order valence-corrected chi connectivity index (χ2v) is 4.62. The van der Waals surface area contributed by atoms with E-state index in [0.29, 0.717) is 18.1 Å². The Balaban J connectivity index is 2.07. The van der Waals surface area contributed by atoms with Crippen LogP contribution in [-0.2, 0) is 6.61 Å². The van der Waals surface area contributed by atoms with Gasteiger partial charge in [0.25, 0.3) is 0 Å². The van der Waals surface area contributed by atoms with Crippen LogP contribution in [-0.4, -0.2) is 24.9 Å². The zero-order valence-electron chi connectivity index (χ0n) is 11.6. The zero-order chi connectivity index (χ0) is 14.5. The van der Waals surface area contributed by atoms with Gasteiger partial charge in [0.15, 0.2) is 0 Å². The molecule has 2 aromatic rings. The number of rotatable bonds is 5. The highest BCUT2D eigenvalue weighted by molar-refractivity contribution is 5.96. The van der Waals surface area contributed by atoms with E-state index in [1.54, 1.807) is 18.3 Å². The van der Waals surface area contributed by atoms with Gasteiger partial charge in [0, 0.05) is 26.0 Å². The number of ether oxygens (including phenoxy) is 1. The molecule has 0 spiro atoms. The van der Waals surface area contributed by atoms with E-state index in [1.807, 2.05) is 43.3 Å². The minimum Gasteiger partial charge on any atom is -0.472 e. The van der Waals surface area contributed by atoms with E-state index in [2.05, 4.69) is 4.98 Å². The number of nitrogen functional groups attached to an aromatic ring is 1.